The molecule has 0 spiro atoms. The van der Waals surface area contributed by atoms with Gasteiger partial charge in [-0.3, -0.25) is 0 Å². The third-order valence-electron chi connectivity index (χ3n) is 4.29. The SMILES string of the molecule is COc1ccc(C(C)NCC2(CO)CCOCC2)cc1. The van der Waals surface area contributed by atoms with Crippen molar-refractivity contribution in [3.8, 4) is 5.75 Å². The van der Waals surface area contributed by atoms with Crippen LogP contribution in [0.15, 0.2) is 24.3 Å². The molecule has 0 aliphatic carbocycles. The molecule has 1 aromatic rings. The zero-order chi connectivity index (χ0) is 14.4. The molecule has 0 amide bonds. The van der Waals surface area contributed by atoms with E-state index in [0.29, 0.717) is 0 Å². The predicted octanol–water partition coefficient (Wildman–Crippen LogP) is 2.13. The Morgan fingerprint density at radius 2 is 1.95 bits per heavy atom. The van der Waals surface area contributed by atoms with Crippen LogP contribution in [0.1, 0.15) is 31.4 Å². The minimum absolute atomic E-state index is 0.0288. The van der Waals surface area contributed by atoms with Gasteiger partial charge in [0.15, 0.2) is 0 Å². The van der Waals surface area contributed by atoms with Crippen molar-refractivity contribution >= 4 is 0 Å². The highest BCUT2D eigenvalue weighted by Gasteiger charge is 2.32. The van der Waals surface area contributed by atoms with E-state index in [1.807, 2.05) is 12.1 Å². The number of methoxy groups -OCH3 is 1. The summed E-state index contributed by atoms with van der Waals surface area (Å²) in [7, 11) is 1.67. The molecule has 20 heavy (non-hydrogen) atoms. The zero-order valence-corrected chi connectivity index (χ0v) is 12.4. The Balaban J connectivity index is 1.91. The number of rotatable bonds is 6. The van der Waals surface area contributed by atoms with E-state index in [1.54, 1.807) is 7.11 Å². The van der Waals surface area contributed by atoms with E-state index < -0.39 is 0 Å². The summed E-state index contributed by atoms with van der Waals surface area (Å²) in [6.45, 7) is 4.68. The normalized spacial score (nSPS) is 19.6. The molecule has 1 aliphatic rings. The fourth-order valence-corrected chi connectivity index (χ4v) is 2.58. The van der Waals surface area contributed by atoms with Crippen LogP contribution < -0.4 is 10.1 Å². The van der Waals surface area contributed by atoms with Crippen LogP contribution >= 0.6 is 0 Å². The van der Waals surface area contributed by atoms with Gasteiger partial charge in [-0.2, -0.15) is 0 Å². The molecule has 1 atom stereocenters. The summed E-state index contributed by atoms with van der Waals surface area (Å²) in [5, 5.41) is 13.2. The van der Waals surface area contributed by atoms with Crippen LogP contribution in [0.4, 0.5) is 0 Å². The van der Waals surface area contributed by atoms with E-state index in [4.69, 9.17) is 9.47 Å². The van der Waals surface area contributed by atoms with Crippen molar-refractivity contribution in [2.24, 2.45) is 5.41 Å². The molecule has 0 bridgehead atoms. The summed E-state index contributed by atoms with van der Waals surface area (Å²) in [6.07, 6.45) is 1.84. The lowest BCUT2D eigenvalue weighted by molar-refractivity contribution is -0.0163. The van der Waals surface area contributed by atoms with Gasteiger partial charge in [-0.15, -0.1) is 0 Å². The average Bonchev–Trinajstić information content (AvgIpc) is 2.53. The van der Waals surface area contributed by atoms with Gasteiger partial charge < -0.3 is 19.9 Å². The van der Waals surface area contributed by atoms with Crippen LogP contribution in [0, 0.1) is 5.41 Å². The van der Waals surface area contributed by atoms with Crippen LogP contribution in [0.3, 0.4) is 0 Å². The quantitative estimate of drug-likeness (QED) is 0.837. The zero-order valence-electron chi connectivity index (χ0n) is 12.4. The van der Waals surface area contributed by atoms with E-state index in [2.05, 4.69) is 24.4 Å². The van der Waals surface area contributed by atoms with Crippen molar-refractivity contribution in [1.82, 2.24) is 5.32 Å². The standard InChI is InChI=1S/C16H25NO3/c1-13(14-3-5-15(19-2)6-4-14)17-11-16(12-18)7-9-20-10-8-16/h3-6,13,17-18H,7-12H2,1-2H3. The second-order valence-corrected chi connectivity index (χ2v) is 5.65. The molecular formula is C16H25NO3. The molecule has 1 saturated heterocycles. The first kappa shape index (κ1) is 15.3. The van der Waals surface area contributed by atoms with Crippen molar-refractivity contribution in [2.45, 2.75) is 25.8 Å². The maximum atomic E-state index is 9.68. The Labute approximate surface area is 121 Å². The van der Waals surface area contributed by atoms with Gasteiger partial charge in [0.25, 0.3) is 0 Å². The summed E-state index contributed by atoms with van der Waals surface area (Å²) in [5.41, 5.74) is 1.20. The summed E-state index contributed by atoms with van der Waals surface area (Å²) in [4.78, 5) is 0. The number of ether oxygens (including phenoxy) is 2. The summed E-state index contributed by atoms with van der Waals surface area (Å²) >= 11 is 0. The van der Waals surface area contributed by atoms with Gasteiger partial charge in [-0.1, -0.05) is 12.1 Å². The molecular weight excluding hydrogens is 254 g/mol. The minimum Gasteiger partial charge on any atom is -0.497 e. The molecule has 1 heterocycles. The second-order valence-electron chi connectivity index (χ2n) is 5.65. The Morgan fingerprint density at radius 1 is 1.30 bits per heavy atom. The van der Waals surface area contributed by atoms with Crippen molar-refractivity contribution < 1.29 is 14.6 Å². The Kier molecular flexibility index (Phi) is 5.40. The Morgan fingerprint density at radius 3 is 2.50 bits per heavy atom. The van der Waals surface area contributed by atoms with E-state index >= 15 is 0 Å². The molecule has 4 heteroatoms. The van der Waals surface area contributed by atoms with Crippen molar-refractivity contribution in [3.05, 3.63) is 29.8 Å². The number of hydrogen-bond donors (Lipinski definition) is 2. The highest BCUT2D eigenvalue weighted by Crippen LogP contribution is 2.30. The largest absolute Gasteiger partial charge is 0.497 e. The van der Waals surface area contributed by atoms with Crippen LogP contribution in [0.25, 0.3) is 0 Å². The summed E-state index contributed by atoms with van der Waals surface area (Å²) < 4.78 is 10.6. The number of hydrogen-bond acceptors (Lipinski definition) is 4. The molecule has 1 aliphatic heterocycles. The summed E-state index contributed by atoms with van der Waals surface area (Å²) in [5.74, 6) is 0.872. The molecule has 2 N–H and O–H groups in total. The molecule has 4 nitrogen and oxygen atoms in total. The summed E-state index contributed by atoms with van der Waals surface area (Å²) in [6, 6.07) is 8.36. The molecule has 1 unspecified atom stereocenters. The van der Waals surface area contributed by atoms with Gasteiger partial charge in [0.1, 0.15) is 5.75 Å². The lowest BCUT2D eigenvalue weighted by Gasteiger charge is -2.36. The highest BCUT2D eigenvalue weighted by atomic mass is 16.5. The predicted molar refractivity (Wildman–Crippen MR) is 79.0 cm³/mol. The fraction of sp³-hybridized carbons (Fsp3) is 0.625. The number of benzene rings is 1. The highest BCUT2D eigenvalue weighted by molar-refractivity contribution is 5.28. The van der Waals surface area contributed by atoms with Gasteiger partial charge in [0.05, 0.1) is 13.7 Å². The van der Waals surface area contributed by atoms with Crippen LogP contribution in [0.2, 0.25) is 0 Å². The maximum Gasteiger partial charge on any atom is 0.118 e. The number of aliphatic hydroxyl groups is 1. The number of nitrogens with one attached hydrogen (secondary N) is 1. The van der Waals surface area contributed by atoms with Crippen molar-refractivity contribution in [1.29, 1.82) is 0 Å². The fourth-order valence-electron chi connectivity index (χ4n) is 2.58. The van der Waals surface area contributed by atoms with Crippen LogP contribution in [-0.2, 0) is 4.74 Å². The first-order valence-corrected chi connectivity index (χ1v) is 7.25. The lowest BCUT2D eigenvalue weighted by atomic mass is 9.80. The third kappa shape index (κ3) is 3.72. The van der Waals surface area contributed by atoms with E-state index in [1.165, 1.54) is 5.56 Å². The van der Waals surface area contributed by atoms with E-state index in [-0.39, 0.29) is 18.1 Å². The monoisotopic (exact) mass is 279 g/mol. The minimum atomic E-state index is -0.0288. The maximum absolute atomic E-state index is 9.68. The Bertz CT molecular complexity index is 399. The third-order valence-corrected chi connectivity index (χ3v) is 4.29. The van der Waals surface area contributed by atoms with E-state index in [9.17, 15) is 5.11 Å². The first-order valence-electron chi connectivity index (χ1n) is 7.25. The second kappa shape index (κ2) is 7.07. The smallest absolute Gasteiger partial charge is 0.118 e. The number of aliphatic hydroxyl groups excluding tert-OH is 1. The first-order chi connectivity index (χ1) is 9.69. The van der Waals surface area contributed by atoms with Gasteiger partial charge in [-0.25, -0.2) is 0 Å². The van der Waals surface area contributed by atoms with Gasteiger partial charge in [0, 0.05) is 31.2 Å². The molecule has 0 aromatic heterocycles. The molecule has 0 radical (unpaired) electrons. The van der Waals surface area contributed by atoms with Crippen LogP contribution in [-0.4, -0.2) is 38.6 Å². The molecule has 2 rings (SSSR count). The Hall–Kier alpha value is -1.10. The van der Waals surface area contributed by atoms with E-state index in [0.717, 1.165) is 38.3 Å². The average molecular weight is 279 g/mol. The molecule has 112 valence electrons. The van der Waals surface area contributed by atoms with Gasteiger partial charge in [-0.05, 0) is 37.5 Å². The van der Waals surface area contributed by atoms with Gasteiger partial charge in [0.2, 0.25) is 0 Å². The van der Waals surface area contributed by atoms with Gasteiger partial charge >= 0.3 is 0 Å². The molecule has 1 aromatic carbocycles. The van der Waals surface area contributed by atoms with Crippen LogP contribution in [0.5, 0.6) is 5.75 Å². The molecule has 1 fully saturated rings. The molecule has 0 saturated carbocycles. The van der Waals surface area contributed by atoms with Crippen molar-refractivity contribution in [3.63, 3.8) is 0 Å². The topological polar surface area (TPSA) is 50.7 Å². The lowest BCUT2D eigenvalue weighted by Crippen LogP contribution is -2.42. The van der Waals surface area contributed by atoms with Crippen molar-refractivity contribution in [2.75, 3.05) is 33.5 Å².